The first-order valence-electron chi connectivity index (χ1n) is 4.43. The van der Waals surface area contributed by atoms with Crippen molar-refractivity contribution >= 4 is 15.9 Å². The predicted molar refractivity (Wildman–Crippen MR) is 57.8 cm³/mol. The molecule has 4 N–H and O–H groups in total. The van der Waals surface area contributed by atoms with Gasteiger partial charge in [0.25, 0.3) is 0 Å². The summed E-state index contributed by atoms with van der Waals surface area (Å²) >= 11 is 0. The van der Waals surface area contributed by atoms with E-state index in [1.165, 1.54) is 0 Å². The van der Waals surface area contributed by atoms with Crippen molar-refractivity contribution in [2.24, 2.45) is 11.1 Å². The van der Waals surface area contributed by atoms with Gasteiger partial charge in [-0.15, -0.1) is 0 Å². The molecule has 0 aromatic heterocycles. The summed E-state index contributed by atoms with van der Waals surface area (Å²) in [6, 6.07) is 0. The molecule has 84 valence electrons. The van der Waals surface area contributed by atoms with Crippen LogP contribution >= 0.6 is 0 Å². The van der Waals surface area contributed by atoms with E-state index in [-0.39, 0.29) is 30.0 Å². The van der Waals surface area contributed by atoms with Crippen molar-refractivity contribution in [1.29, 1.82) is 5.41 Å². The summed E-state index contributed by atoms with van der Waals surface area (Å²) < 4.78 is 25.2. The van der Waals surface area contributed by atoms with Gasteiger partial charge in [-0.25, -0.2) is 13.1 Å². The highest BCUT2D eigenvalue weighted by Gasteiger charge is 2.20. The molecule has 0 heterocycles. The standard InChI is InChI=1S/C8H19N3O2S/c1-8(2,3)6-14(12,13)11-5-4-7(9)10/h11H,4-6H2,1-3H3,(H3,9,10). The smallest absolute Gasteiger partial charge is 0.212 e. The van der Waals surface area contributed by atoms with Crippen molar-refractivity contribution in [3.8, 4) is 0 Å². The van der Waals surface area contributed by atoms with Crippen molar-refractivity contribution in [2.45, 2.75) is 27.2 Å². The van der Waals surface area contributed by atoms with Gasteiger partial charge in [0.15, 0.2) is 0 Å². The molecule has 0 fully saturated rings. The Hall–Kier alpha value is -0.620. The van der Waals surface area contributed by atoms with Crippen molar-refractivity contribution in [1.82, 2.24) is 4.72 Å². The van der Waals surface area contributed by atoms with E-state index in [2.05, 4.69) is 4.72 Å². The molecule has 0 aromatic rings. The van der Waals surface area contributed by atoms with Crippen LogP contribution < -0.4 is 10.5 Å². The first-order valence-corrected chi connectivity index (χ1v) is 6.08. The van der Waals surface area contributed by atoms with Crippen LogP contribution in [0.25, 0.3) is 0 Å². The Morgan fingerprint density at radius 2 is 1.93 bits per heavy atom. The predicted octanol–water partition coefficient (Wildman–Crippen LogP) is 0.278. The van der Waals surface area contributed by atoms with Gasteiger partial charge < -0.3 is 5.73 Å². The number of nitrogens with two attached hydrogens (primary N) is 1. The van der Waals surface area contributed by atoms with Gasteiger partial charge in [-0.1, -0.05) is 20.8 Å². The van der Waals surface area contributed by atoms with Crippen molar-refractivity contribution in [3.05, 3.63) is 0 Å². The van der Waals surface area contributed by atoms with E-state index in [0.29, 0.717) is 0 Å². The number of hydrogen-bond donors (Lipinski definition) is 3. The molecular formula is C8H19N3O2S. The third-order valence-electron chi connectivity index (χ3n) is 1.34. The Morgan fingerprint density at radius 3 is 2.29 bits per heavy atom. The van der Waals surface area contributed by atoms with E-state index in [9.17, 15) is 8.42 Å². The zero-order valence-electron chi connectivity index (χ0n) is 8.92. The largest absolute Gasteiger partial charge is 0.388 e. The summed E-state index contributed by atoms with van der Waals surface area (Å²) in [5, 5.41) is 6.93. The molecule has 0 rings (SSSR count). The van der Waals surface area contributed by atoms with E-state index in [4.69, 9.17) is 11.1 Å². The summed E-state index contributed by atoms with van der Waals surface area (Å²) in [5.41, 5.74) is 4.84. The Kier molecular flexibility index (Phi) is 4.54. The van der Waals surface area contributed by atoms with Gasteiger partial charge in [0.2, 0.25) is 10.0 Å². The van der Waals surface area contributed by atoms with Crippen LogP contribution in [0.2, 0.25) is 0 Å². The van der Waals surface area contributed by atoms with E-state index in [1.54, 1.807) is 0 Å². The van der Waals surface area contributed by atoms with E-state index < -0.39 is 10.0 Å². The number of nitrogens with one attached hydrogen (secondary N) is 2. The molecule has 6 heteroatoms. The third kappa shape index (κ3) is 8.00. The van der Waals surface area contributed by atoms with Crippen molar-refractivity contribution < 1.29 is 8.42 Å². The third-order valence-corrected chi connectivity index (χ3v) is 3.23. The average Bonchev–Trinajstić information content (AvgIpc) is 1.78. The van der Waals surface area contributed by atoms with Crippen molar-refractivity contribution in [2.75, 3.05) is 12.3 Å². The average molecular weight is 221 g/mol. The molecule has 0 saturated carbocycles. The number of sulfonamides is 1. The van der Waals surface area contributed by atoms with Crippen LogP contribution in [0, 0.1) is 10.8 Å². The van der Waals surface area contributed by atoms with Gasteiger partial charge in [-0.05, 0) is 5.41 Å². The molecule has 0 spiro atoms. The van der Waals surface area contributed by atoms with Crippen LogP contribution in [0.3, 0.4) is 0 Å². The first-order chi connectivity index (χ1) is 6.12. The monoisotopic (exact) mass is 221 g/mol. The molecular weight excluding hydrogens is 202 g/mol. The summed E-state index contributed by atoms with van der Waals surface area (Å²) in [4.78, 5) is 0. The zero-order chi connectivity index (χ0) is 11.4. The zero-order valence-corrected chi connectivity index (χ0v) is 9.74. The lowest BCUT2D eigenvalue weighted by Gasteiger charge is -2.18. The lowest BCUT2D eigenvalue weighted by Crippen LogP contribution is -2.34. The highest BCUT2D eigenvalue weighted by atomic mass is 32.2. The minimum Gasteiger partial charge on any atom is -0.388 e. The molecule has 0 aliphatic rings. The van der Waals surface area contributed by atoms with E-state index >= 15 is 0 Å². The van der Waals surface area contributed by atoms with Gasteiger partial charge in [0, 0.05) is 13.0 Å². The molecule has 0 bridgehead atoms. The quantitative estimate of drug-likeness (QED) is 0.459. The van der Waals surface area contributed by atoms with Gasteiger partial charge in [0.1, 0.15) is 0 Å². The second-order valence-corrected chi connectivity index (χ2v) is 6.30. The van der Waals surface area contributed by atoms with Crippen LogP contribution in [0.5, 0.6) is 0 Å². The summed E-state index contributed by atoms with van der Waals surface area (Å²) in [6.07, 6.45) is 0.253. The Balaban J connectivity index is 4.04. The molecule has 5 nitrogen and oxygen atoms in total. The molecule has 0 aromatic carbocycles. The molecule has 0 atom stereocenters. The van der Waals surface area contributed by atoms with Crippen molar-refractivity contribution in [3.63, 3.8) is 0 Å². The Bertz CT molecular complexity index is 290. The molecule has 0 unspecified atom stereocenters. The molecule has 0 amide bonds. The first kappa shape index (κ1) is 13.4. The Labute approximate surface area is 85.6 Å². The van der Waals surface area contributed by atoms with Gasteiger partial charge in [-0.2, -0.15) is 0 Å². The normalized spacial score (nSPS) is 12.8. The maximum absolute atomic E-state index is 11.4. The lowest BCUT2D eigenvalue weighted by molar-refractivity contribution is 0.458. The second-order valence-electron chi connectivity index (χ2n) is 4.49. The lowest BCUT2D eigenvalue weighted by atomic mass is 10.0. The fraction of sp³-hybridized carbons (Fsp3) is 0.875. The molecule has 0 radical (unpaired) electrons. The number of rotatable bonds is 5. The maximum Gasteiger partial charge on any atom is 0.212 e. The molecule has 0 saturated heterocycles. The molecule has 0 aliphatic heterocycles. The maximum atomic E-state index is 11.4. The van der Waals surface area contributed by atoms with E-state index in [0.717, 1.165) is 0 Å². The van der Waals surface area contributed by atoms with Crippen LogP contribution in [0.4, 0.5) is 0 Å². The van der Waals surface area contributed by atoms with E-state index in [1.807, 2.05) is 20.8 Å². The van der Waals surface area contributed by atoms with Gasteiger partial charge in [-0.3, -0.25) is 5.41 Å². The summed E-state index contributed by atoms with van der Waals surface area (Å²) in [6.45, 7) is 5.78. The highest BCUT2D eigenvalue weighted by Crippen LogP contribution is 2.14. The molecule has 14 heavy (non-hydrogen) atoms. The van der Waals surface area contributed by atoms with Crippen LogP contribution in [0.15, 0.2) is 0 Å². The van der Waals surface area contributed by atoms with Gasteiger partial charge in [0.05, 0.1) is 11.6 Å². The Morgan fingerprint density at radius 1 is 1.43 bits per heavy atom. The SMILES string of the molecule is CC(C)(C)CS(=O)(=O)NCCC(=N)N. The van der Waals surface area contributed by atoms with Crippen LogP contribution in [0.1, 0.15) is 27.2 Å². The highest BCUT2D eigenvalue weighted by molar-refractivity contribution is 7.89. The van der Waals surface area contributed by atoms with Crippen LogP contribution in [-0.4, -0.2) is 26.6 Å². The number of hydrogen-bond acceptors (Lipinski definition) is 3. The fourth-order valence-corrected chi connectivity index (χ4v) is 2.62. The topological polar surface area (TPSA) is 96.0 Å². The fourth-order valence-electron chi connectivity index (χ4n) is 0.962. The minimum atomic E-state index is -3.24. The minimum absolute atomic E-state index is 0.0107. The summed E-state index contributed by atoms with van der Waals surface area (Å²) in [7, 11) is -3.24. The van der Waals surface area contributed by atoms with Gasteiger partial charge >= 0.3 is 0 Å². The second kappa shape index (κ2) is 4.75. The summed E-state index contributed by atoms with van der Waals surface area (Å²) in [5.74, 6) is 0.0706. The van der Waals surface area contributed by atoms with Crippen LogP contribution in [-0.2, 0) is 10.0 Å². The number of amidine groups is 1. The molecule has 0 aliphatic carbocycles.